The van der Waals surface area contributed by atoms with Crippen LogP contribution in [0.3, 0.4) is 0 Å². The maximum absolute atomic E-state index is 9.00. The zero-order chi connectivity index (χ0) is 18.4. The molecular weight excluding hydrogens is 311 g/mol. The second-order valence-electron chi connectivity index (χ2n) is 3.01. The first-order valence-electron chi connectivity index (χ1n) is 5.53. The van der Waals surface area contributed by atoms with Crippen LogP contribution < -0.4 is 11.5 Å². The van der Waals surface area contributed by atoms with Crippen molar-refractivity contribution < 1.29 is 39.6 Å². The van der Waals surface area contributed by atoms with E-state index in [0.29, 0.717) is 0 Å². The van der Waals surface area contributed by atoms with Crippen molar-refractivity contribution in [1.82, 2.24) is 0 Å². The van der Waals surface area contributed by atoms with Crippen molar-refractivity contribution in [2.24, 2.45) is 11.5 Å². The van der Waals surface area contributed by atoms with Crippen molar-refractivity contribution in [2.75, 3.05) is 13.1 Å². The molecule has 0 aliphatic heterocycles. The molecule has 22 heavy (non-hydrogen) atoms. The van der Waals surface area contributed by atoms with Crippen molar-refractivity contribution in [1.29, 1.82) is 0 Å². The molecule has 0 rings (SSSR count). The fraction of sp³-hybridized carbons (Fsp3) is 0.636. The van der Waals surface area contributed by atoms with Crippen LogP contribution in [0.1, 0.15) is 34.1 Å². The van der Waals surface area contributed by atoms with Crippen LogP contribution in [-0.4, -0.2) is 87.0 Å². The van der Waals surface area contributed by atoms with E-state index in [0.717, 1.165) is 47.2 Å². The van der Waals surface area contributed by atoms with Gasteiger partial charge in [0.2, 0.25) is 0 Å². The van der Waals surface area contributed by atoms with E-state index < -0.39 is 23.9 Å². The van der Waals surface area contributed by atoms with Crippen LogP contribution in [0.2, 0.25) is 0 Å². The summed E-state index contributed by atoms with van der Waals surface area (Å²) >= 11 is 0. The van der Waals surface area contributed by atoms with Crippen LogP contribution in [0.4, 0.5) is 0 Å². The molecule has 0 aromatic rings. The molecule has 0 bridgehead atoms. The van der Waals surface area contributed by atoms with Crippen LogP contribution in [0.5, 0.6) is 0 Å². The van der Waals surface area contributed by atoms with Gasteiger partial charge in [-0.2, -0.15) is 0 Å². The summed E-state index contributed by atoms with van der Waals surface area (Å²) in [5.41, 5.74) is 10.1. The number of nitrogens with two attached hydrogens (primary N) is 2. The van der Waals surface area contributed by atoms with Gasteiger partial charge in [0.05, 0.1) is 0 Å². The van der Waals surface area contributed by atoms with E-state index in [-0.39, 0.29) is 29.6 Å². The third-order valence-electron chi connectivity index (χ3n) is 0.408. The van der Waals surface area contributed by atoms with Gasteiger partial charge in [0.1, 0.15) is 0 Å². The second kappa shape index (κ2) is 36.7. The number of rotatable bonds is 2. The predicted octanol–water partition coefficient (Wildman–Crippen LogP) is -0.991. The zero-order valence-corrected chi connectivity index (χ0v) is 12.7. The Morgan fingerprint density at radius 2 is 0.727 bits per heavy atom. The third kappa shape index (κ3) is 9310. The molecule has 130 valence electrons. The normalized spacial score (nSPS) is 6.45. The second-order valence-corrected chi connectivity index (χ2v) is 3.01. The molecule has 11 heteroatoms. The summed E-state index contributed by atoms with van der Waals surface area (Å²) in [5.74, 6) is -3.33. The number of carboxylic acid groups (broad SMARTS) is 4. The Labute approximate surface area is 151 Å². The van der Waals surface area contributed by atoms with Crippen LogP contribution in [0, 0.1) is 0 Å². The van der Waals surface area contributed by atoms with Gasteiger partial charge in [-0.3, -0.25) is 19.2 Å². The van der Waals surface area contributed by atoms with Crippen LogP contribution in [-0.2, 0) is 19.2 Å². The molecule has 0 aromatic heterocycles. The molecule has 8 N–H and O–H groups in total. The van der Waals surface area contributed by atoms with Crippen molar-refractivity contribution in [3.05, 3.63) is 0 Å². The average molecular weight is 338 g/mol. The first-order chi connectivity index (χ1) is 9.34. The van der Waals surface area contributed by atoms with E-state index in [9.17, 15) is 0 Å². The molecule has 0 atom stereocenters. The van der Waals surface area contributed by atoms with Crippen molar-refractivity contribution in [2.45, 2.75) is 34.1 Å². The minimum absolute atomic E-state index is 0. The standard InChI is InChI=1S/C3H10N2.4C2H4O2.Na.H/c4-2-1-3-5;4*1-2(3)4;;/h1-5H2;4*1H3,(H,3,4);;. The monoisotopic (exact) mass is 338 g/mol. The molecule has 0 aromatic carbocycles. The predicted molar refractivity (Wildman–Crippen MR) is 83.1 cm³/mol. The van der Waals surface area contributed by atoms with Gasteiger partial charge in [0.15, 0.2) is 0 Å². The molecule has 0 spiro atoms. The van der Waals surface area contributed by atoms with Gasteiger partial charge in [-0.25, -0.2) is 0 Å². The summed E-state index contributed by atoms with van der Waals surface area (Å²) in [5, 5.41) is 29.7. The molecule has 0 unspecified atom stereocenters. The summed E-state index contributed by atoms with van der Waals surface area (Å²) < 4.78 is 0. The van der Waals surface area contributed by atoms with Crippen LogP contribution >= 0.6 is 0 Å². The fourth-order valence-electron chi connectivity index (χ4n) is 0.118. The SMILES string of the molecule is CC(=O)O.CC(=O)O.CC(=O)O.CC(=O)O.NCCCN.[NaH]. The van der Waals surface area contributed by atoms with Crippen molar-refractivity contribution >= 4 is 53.4 Å². The number of carboxylic acids is 4. The quantitative estimate of drug-likeness (QED) is 0.339. The first kappa shape index (κ1) is 37.2. The first-order valence-corrected chi connectivity index (χ1v) is 5.53. The molecule has 0 fully saturated rings. The van der Waals surface area contributed by atoms with E-state index in [2.05, 4.69) is 0 Å². The number of aliphatic carboxylic acids is 4. The molecule has 0 aliphatic rings. The van der Waals surface area contributed by atoms with Gasteiger partial charge in [-0.05, 0) is 19.5 Å². The Morgan fingerprint density at radius 1 is 0.636 bits per heavy atom. The molecule has 0 radical (unpaired) electrons. The van der Waals surface area contributed by atoms with E-state index in [1.807, 2.05) is 0 Å². The number of hydrogen-bond acceptors (Lipinski definition) is 6. The van der Waals surface area contributed by atoms with Gasteiger partial charge in [-0.15, -0.1) is 0 Å². The van der Waals surface area contributed by atoms with Gasteiger partial charge in [-0.1, -0.05) is 0 Å². The zero-order valence-electron chi connectivity index (χ0n) is 12.7. The Kier molecular flexibility index (Phi) is 62.2. The summed E-state index contributed by atoms with van der Waals surface area (Å²) in [7, 11) is 0. The van der Waals surface area contributed by atoms with E-state index >= 15 is 0 Å². The van der Waals surface area contributed by atoms with Gasteiger partial charge < -0.3 is 31.9 Å². The average Bonchev–Trinajstić information content (AvgIpc) is 2.14. The Balaban J connectivity index is -0.0000000361. The summed E-state index contributed by atoms with van der Waals surface area (Å²) in [6.45, 7) is 5.77. The van der Waals surface area contributed by atoms with Gasteiger partial charge >= 0.3 is 29.6 Å². The molecule has 0 aliphatic carbocycles. The number of carbonyl (C=O) groups is 4. The topological polar surface area (TPSA) is 201 Å². The Hall–Kier alpha value is -1.20. The summed E-state index contributed by atoms with van der Waals surface area (Å²) in [6.07, 6.45) is 0.944. The van der Waals surface area contributed by atoms with E-state index in [1.165, 1.54) is 0 Å². The van der Waals surface area contributed by atoms with Crippen LogP contribution in [0.25, 0.3) is 0 Å². The Bertz CT molecular complexity index is 209. The van der Waals surface area contributed by atoms with Crippen LogP contribution in [0.15, 0.2) is 0 Å². The molecular formula is C11H27N2NaO8. The Morgan fingerprint density at radius 3 is 0.727 bits per heavy atom. The number of hydrogen-bond donors (Lipinski definition) is 6. The minimum atomic E-state index is -0.833. The van der Waals surface area contributed by atoms with Crippen molar-refractivity contribution in [3.63, 3.8) is 0 Å². The molecule has 0 saturated carbocycles. The molecule has 0 heterocycles. The van der Waals surface area contributed by atoms with E-state index in [4.69, 9.17) is 51.1 Å². The molecule has 10 nitrogen and oxygen atoms in total. The molecule has 0 amide bonds. The molecule has 0 saturated heterocycles. The maximum atomic E-state index is 9.00. The summed E-state index contributed by atoms with van der Waals surface area (Å²) in [6, 6.07) is 0. The fourth-order valence-corrected chi connectivity index (χ4v) is 0.118. The van der Waals surface area contributed by atoms with E-state index in [1.54, 1.807) is 0 Å². The van der Waals surface area contributed by atoms with Crippen molar-refractivity contribution in [3.8, 4) is 0 Å². The van der Waals surface area contributed by atoms with Gasteiger partial charge in [0, 0.05) is 27.7 Å². The third-order valence-corrected chi connectivity index (χ3v) is 0.408. The summed E-state index contributed by atoms with van der Waals surface area (Å²) in [4.78, 5) is 36.0. The van der Waals surface area contributed by atoms with Gasteiger partial charge in [0.25, 0.3) is 23.9 Å².